The predicted octanol–water partition coefficient (Wildman–Crippen LogP) is 6.02. The average Bonchev–Trinajstić information content (AvgIpc) is 2.59. The predicted molar refractivity (Wildman–Crippen MR) is 113 cm³/mol. The van der Waals surface area contributed by atoms with E-state index < -0.39 is 0 Å². The lowest BCUT2D eigenvalue weighted by Crippen LogP contribution is -2.32. The molecule has 0 heterocycles. The zero-order valence-electron chi connectivity index (χ0n) is 15.7. The van der Waals surface area contributed by atoms with Gasteiger partial charge in [0.05, 0.1) is 18.8 Å². The summed E-state index contributed by atoms with van der Waals surface area (Å²) >= 11 is 6.04. The number of rotatable bonds is 18. The topological polar surface area (TPSA) is 36.9 Å². The van der Waals surface area contributed by atoms with Crippen LogP contribution in [0.1, 0.15) is 53.9 Å². The Hall–Kier alpha value is 1.24. The normalized spacial score (nSPS) is 15.4. The molecule has 8 heteroatoms. The molecule has 0 N–H and O–H groups in total. The van der Waals surface area contributed by atoms with Crippen molar-refractivity contribution in [2.45, 2.75) is 72.2 Å². The Morgan fingerprint density at radius 1 is 0.708 bits per heavy atom. The average molecular weight is 419 g/mol. The van der Waals surface area contributed by atoms with Crippen LogP contribution in [0.3, 0.4) is 0 Å². The highest BCUT2D eigenvalue weighted by Gasteiger charge is 2.26. The zero-order valence-corrected chi connectivity index (χ0v) is 18.9. The fourth-order valence-corrected chi connectivity index (χ4v) is 3.79. The minimum Gasteiger partial charge on any atom is -0.315 e. The molecule has 0 aliphatic heterocycles. The van der Waals surface area contributed by atoms with Crippen molar-refractivity contribution < 1.29 is 16.7 Å². The van der Waals surface area contributed by atoms with Gasteiger partial charge in [0.2, 0.25) is 0 Å². The van der Waals surface area contributed by atoms with E-state index in [1.807, 2.05) is 0 Å². The van der Waals surface area contributed by atoms with Crippen LogP contribution < -0.4 is 0 Å². The van der Waals surface area contributed by atoms with Crippen molar-refractivity contribution in [2.75, 3.05) is 29.6 Å². The molecule has 24 heavy (non-hydrogen) atoms. The van der Waals surface area contributed by atoms with Crippen molar-refractivity contribution in [3.05, 3.63) is 0 Å². The highest BCUT2D eigenvalue weighted by molar-refractivity contribution is 7.95. The van der Waals surface area contributed by atoms with E-state index in [2.05, 4.69) is 34.6 Å². The first-order valence-corrected chi connectivity index (χ1v) is 12.4. The molecule has 3 atom stereocenters. The van der Waals surface area contributed by atoms with E-state index in [1.165, 1.54) is 48.2 Å². The summed E-state index contributed by atoms with van der Waals surface area (Å²) in [5.41, 5.74) is 0. The maximum atomic E-state index is 6.02. The Kier molecular flexibility index (Phi) is 20.0. The van der Waals surface area contributed by atoms with Gasteiger partial charge < -0.3 is 16.7 Å². The third-order valence-corrected chi connectivity index (χ3v) is 5.37. The summed E-state index contributed by atoms with van der Waals surface area (Å²) < 4.78 is 23.3. The Bertz CT molecular complexity index is 262. The van der Waals surface area contributed by atoms with E-state index in [1.54, 1.807) is 0 Å². The molecule has 0 aromatic heterocycles. The lowest BCUT2D eigenvalue weighted by molar-refractivity contribution is 0.0457. The lowest BCUT2D eigenvalue weighted by atomic mass is 10.0. The van der Waals surface area contributed by atoms with Gasteiger partial charge in [-0.15, -0.1) is 0 Å². The zero-order chi connectivity index (χ0) is 18.0. The third kappa shape index (κ3) is 14.4. The van der Waals surface area contributed by atoms with Crippen LogP contribution in [0.2, 0.25) is 0 Å². The van der Waals surface area contributed by atoms with E-state index in [9.17, 15) is 0 Å². The molecule has 0 aromatic carbocycles. The second-order valence-corrected chi connectivity index (χ2v) is 9.07. The molecular weight excluding hydrogens is 384 g/mol. The smallest absolute Gasteiger partial charge is 0.102 e. The molecule has 3 unspecified atom stereocenters. The second kappa shape index (κ2) is 19.0. The first-order chi connectivity index (χ1) is 11.7. The molecular formula is C16H34O4S4. The van der Waals surface area contributed by atoms with Gasteiger partial charge in [0.25, 0.3) is 0 Å². The summed E-state index contributed by atoms with van der Waals surface area (Å²) in [6, 6.07) is 0. The van der Waals surface area contributed by atoms with Crippen LogP contribution in [0.4, 0.5) is 0 Å². The molecule has 0 fully saturated rings. The van der Waals surface area contributed by atoms with Crippen molar-refractivity contribution >= 4 is 48.2 Å². The highest BCUT2D eigenvalue weighted by Crippen LogP contribution is 2.26. The molecule has 0 radical (unpaired) electrons. The summed E-state index contributed by atoms with van der Waals surface area (Å²) in [5.74, 6) is 3.80. The van der Waals surface area contributed by atoms with Crippen LogP contribution in [0.25, 0.3) is 0 Å². The monoisotopic (exact) mass is 418 g/mol. The van der Waals surface area contributed by atoms with E-state index in [-0.39, 0.29) is 18.3 Å². The van der Waals surface area contributed by atoms with E-state index in [0.717, 1.165) is 48.9 Å². The highest BCUT2D eigenvalue weighted by atomic mass is 32.2. The second-order valence-electron chi connectivity index (χ2n) is 5.00. The summed E-state index contributed by atoms with van der Waals surface area (Å²) in [7, 11) is 0. The van der Waals surface area contributed by atoms with Crippen molar-refractivity contribution in [3.8, 4) is 0 Å². The molecule has 0 bridgehead atoms. The molecule has 4 nitrogen and oxygen atoms in total. The van der Waals surface area contributed by atoms with Gasteiger partial charge in [0, 0.05) is 29.4 Å². The maximum absolute atomic E-state index is 6.02. The van der Waals surface area contributed by atoms with Crippen LogP contribution in [-0.4, -0.2) is 47.9 Å². The molecule has 0 aromatic rings. The minimum absolute atomic E-state index is 0.0280. The van der Waals surface area contributed by atoms with Crippen LogP contribution >= 0.6 is 48.2 Å². The van der Waals surface area contributed by atoms with E-state index in [0.29, 0.717) is 0 Å². The van der Waals surface area contributed by atoms with Gasteiger partial charge in [-0.1, -0.05) is 27.7 Å². The summed E-state index contributed by atoms with van der Waals surface area (Å²) in [4.78, 5) is 0. The van der Waals surface area contributed by atoms with Crippen molar-refractivity contribution in [3.63, 3.8) is 0 Å². The van der Waals surface area contributed by atoms with Gasteiger partial charge in [-0.2, -0.15) is 0 Å². The molecule has 0 amide bonds. The lowest BCUT2D eigenvalue weighted by Gasteiger charge is -2.27. The first-order valence-electron chi connectivity index (χ1n) is 8.78. The Labute approximate surface area is 166 Å². The summed E-state index contributed by atoms with van der Waals surface area (Å²) in [6.07, 6.45) is 2.96. The first kappa shape index (κ1) is 25.2. The fraction of sp³-hybridized carbons (Fsp3) is 1.00. The largest absolute Gasteiger partial charge is 0.315 e. The van der Waals surface area contributed by atoms with Crippen LogP contribution in [-0.2, 0) is 16.7 Å². The van der Waals surface area contributed by atoms with Crippen LogP contribution in [0.15, 0.2) is 0 Å². The molecule has 0 spiro atoms. The molecule has 146 valence electrons. The Morgan fingerprint density at radius 2 is 1.25 bits per heavy atom. The van der Waals surface area contributed by atoms with Crippen molar-refractivity contribution in [2.24, 2.45) is 0 Å². The fourth-order valence-electron chi connectivity index (χ4n) is 1.90. The van der Waals surface area contributed by atoms with Crippen LogP contribution in [0.5, 0.6) is 0 Å². The Morgan fingerprint density at radius 3 is 1.83 bits per heavy atom. The van der Waals surface area contributed by atoms with Crippen molar-refractivity contribution in [1.29, 1.82) is 0 Å². The van der Waals surface area contributed by atoms with Gasteiger partial charge in [-0.25, -0.2) is 0 Å². The van der Waals surface area contributed by atoms with Gasteiger partial charge in [-0.05, 0) is 67.9 Å². The maximum Gasteiger partial charge on any atom is 0.102 e. The standard InChI is InChI=1S/C16H34O4S4/c1-6-21-17-12-10-11-15(19-23-8-3)16(20-24-9-4)13-14(5)18-22-7-2/h14-16H,6-13H2,1-5H3. The Balaban J connectivity index is 4.52. The number of hydrogen-bond acceptors (Lipinski definition) is 8. The third-order valence-electron chi connectivity index (χ3n) is 2.87. The van der Waals surface area contributed by atoms with Crippen LogP contribution in [0, 0.1) is 0 Å². The molecule has 0 saturated carbocycles. The quantitative estimate of drug-likeness (QED) is 0.197. The minimum atomic E-state index is 0.0280. The molecule has 0 aliphatic rings. The van der Waals surface area contributed by atoms with E-state index >= 15 is 0 Å². The number of hydrogen-bond donors (Lipinski definition) is 0. The van der Waals surface area contributed by atoms with Gasteiger partial charge in [-0.3, -0.25) is 0 Å². The van der Waals surface area contributed by atoms with Crippen molar-refractivity contribution in [1.82, 2.24) is 0 Å². The molecule has 0 aliphatic carbocycles. The van der Waals surface area contributed by atoms with Gasteiger partial charge in [0.15, 0.2) is 0 Å². The molecule has 0 saturated heterocycles. The summed E-state index contributed by atoms with van der Waals surface area (Å²) in [6.45, 7) is 11.2. The molecule has 0 rings (SSSR count). The van der Waals surface area contributed by atoms with Gasteiger partial charge >= 0.3 is 0 Å². The van der Waals surface area contributed by atoms with Gasteiger partial charge in [0.1, 0.15) is 6.10 Å². The SMILES string of the molecule is CCSOCCCC(OSCC)C(CC(C)OSCC)OSCC. The van der Waals surface area contributed by atoms with E-state index in [4.69, 9.17) is 16.7 Å². The summed E-state index contributed by atoms with van der Waals surface area (Å²) in [5, 5.41) is 0.